The van der Waals surface area contributed by atoms with Gasteiger partial charge >= 0.3 is 12.6 Å². The van der Waals surface area contributed by atoms with Crippen molar-refractivity contribution >= 4 is 11.9 Å². The first-order chi connectivity index (χ1) is 8.90. The van der Waals surface area contributed by atoms with Gasteiger partial charge in [0.1, 0.15) is 5.75 Å². The summed E-state index contributed by atoms with van der Waals surface area (Å²) >= 11 is 0. The highest BCUT2D eigenvalue weighted by Gasteiger charge is 2.21. The lowest BCUT2D eigenvalue weighted by molar-refractivity contribution is -0.137. The molecule has 1 aromatic rings. The Kier molecular flexibility index (Phi) is 5.23. The molecule has 0 spiro atoms. The highest BCUT2D eigenvalue weighted by Crippen LogP contribution is 2.28. The third-order valence-corrected chi connectivity index (χ3v) is 2.27. The summed E-state index contributed by atoms with van der Waals surface area (Å²) in [5, 5.41) is 11.2. The van der Waals surface area contributed by atoms with Crippen molar-refractivity contribution in [2.45, 2.75) is 26.0 Å². The van der Waals surface area contributed by atoms with Gasteiger partial charge < -0.3 is 15.2 Å². The van der Waals surface area contributed by atoms with E-state index in [1.165, 1.54) is 25.1 Å². The van der Waals surface area contributed by atoms with E-state index in [1.807, 2.05) is 0 Å². The number of para-hydroxylation sites is 1. The number of halogens is 2. The van der Waals surface area contributed by atoms with Crippen LogP contribution in [0.15, 0.2) is 24.3 Å². The maximum absolute atomic E-state index is 12.3. The molecule has 0 fully saturated rings. The van der Waals surface area contributed by atoms with Crippen molar-refractivity contribution in [2.75, 3.05) is 0 Å². The lowest BCUT2D eigenvalue weighted by atomic mass is 10.0. The summed E-state index contributed by atoms with van der Waals surface area (Å²) in [6.07, 6.45) is -0.427. The second kappa shape index (κ2) is 6.67. The van der Waals surface area contributed by atoms with Gasteiger partial charge in [-0.3, -0.25) is 9.59 Å². The number of hydrogen-bond acceptors (Lipinski definition) is 3. The molecule has 1 amide bonds. The molecular weight excluding hydrogens is 260 g/mol. The molecule has 0 aliphatic heterocycles. The summed E-state index contributed by atoms with van der Waals surface area (Å²) in [5.74, 6) is -1.78. The van der Waals surface area contributed by atoms with E-state index in [-0.39, 0.29) is 11.3 Å². The van der Waals surface area contributed by atoms with E-state index in [0.717, 1.165) is 0 Å². The predicted molar refractivity (Wildman–Crippen MR) is 61.9 cm³/mol. The first-order valence-electron chi connectivity index (χ1n) is 5.42. The third kappa shape index (κ3) is 4.90. The van der Waals surface area contributed by atoms with Gasteiger partial charge in [-0.2, -0.15) is 8.78 Å². The van der Waals surface area contributed by atoms with Crippen LogP contribution in [0, 0.1) is 0 Å². The number of hydrogen-bond donors (Lipinski definition) is 2. The smallest absolute Gasteiger partial charge is 0.387 e. The molecule has 0 saturated heterocycles. The number of nitrogens with one attached hydrogen (secondary N) is 1. The second-order valence-corrected chi connectivity index (χ2v) is 3.77. The number of rotatable bonds is 6. The number of alkyl halides is 2. The van der Waals surface area contributed by atoms with Gasteiger partial charge in [0.25, 0.3) is 0 Å². The van der Waals surface area contributed by atoms with Crippen molar-refractivity contribution in [1.29, 1.82) is 0 Å². The summed E-state index contributed by atoms with van der Waals surface area (Å²) in [5.41, 5.74) is 0.195. The minimum Gasteiger partial charge on any atom is -0.481 e. The fourth-order valence-electron chi connectivity index (χ4n) is 1.63. The van der Waals surface area contributed by atoms with Crippen LogP contribution in [0.2, 0.25) is 0 Å². The van der Waals surface area contributed by atoms with Crippen molar-refractivity contribution in [1.82, 2.24) is 5.32 Å². The van der Waals surface area contributed by atoms with Gasteiger partial charge in [-0.05, 0) is 6.07 Å². The summed E-state index contributed by atoms with van der Waals surface area (Å²) < 4.78 is 28.8. The molecule has 7 heteroatoms. The number of carboxylic acid groups (broad SMARTS) is 1. The molecule has 0 aromatic heterocycles. The van der Waals surface area contributed by atoms with Crippen LogP contribution in [0.4, 0.5) is 8.78 Å². The number of carbonyl (C=O) groups excluding carboxylic acids is 1. The molecule has 1 aromatic carbocycles. The lowest BCUT2D eigenvalue weighted by Gasteiger charge is -2.19. The second-order valence-electron chi connectivity index (χ2n) is 3.77. The van der Waals surface area contributed by atoms with Gasteiger partial charge in [-0.15, -0.1) is 0 Å². The van der Waals surface area contributed by atoms with E-state index in [2.05, 4.69) is 10.1 Å². The van der Waals surface area contributed by atoms with Crippen LogP contribution in [0.1, 0.15) is 24.9 Å². The molecule has 0 bridgehead atoms. The van der Waals surface area contributed by atoms with Crippen molar-refractivity contribution in [3.8, 4) is 5.75 Å². The van der Waals surface area contributed by atoms with Gasteiger partial charge in [0.15, 0.2) is 0 Å². The molecule has 2 N–H and O–H groups in total. The number of benzene rings is 1. The first kappa shape index (κ1) is 14.9. The van der Waals surface area contributed by atoms with Gasteiger partial charge in [0.05, 0.1) is 12.5 Å². The van der Waals surface area contributed by atoms with Crippen LogP contribution in [-0.4, -0.2) is 23.6 Å². The topological polar surface area (TPSA) is 75.6 Å². The SMILES string of the molecule is CC(=O)N[C@@H](CC(=O)O)c1ccccc1OC(F)F. The van der Waals surface area contributed by atoms with Gasteiger partial charge in [-0.1, -0.05) is 18.2 Å². The fraction of sp³-hybridized carbons (Fsp3) is 0.333. The largest absolute Gasteiger partial charge is 0.481 e. The van der Waals surface area contributed by atoms with Crippen LogP contribution in [0.5, 0.6) is 5.75 Å². The molecule has 0 heterocycles. The molecule has 0 radical (unpaired) electrons. The number of carboxylic acids is 1. The monoisotopic (exact) mass is 273 g/mol. The van der Waals surface area contributed by atoms with Gasteiger partial charge in [0.2, 0.25) is 5.91 Å². The summed E-state index contributed by atoms with van der Waals surface area (Å²) in [6.45, 7) is -1.81. The molecule has 0 saturated carbocycles. The molecular formula is C12H13F2NO4. The zero-order valence-corrected chi connectivity index (χ0v) is 10.1. The van der Waals surface area contributed by atoms with Crippen LogP contribution in [0.25, 0.3) is 0 Å². The molecule has 5 nitrogen and oxygen atoms in total. The van der Waals surface area contributed by atoms with Crippen molar-refractivity contribution in [2.24, 2.45) is 0 Å². The minimum atomic E-state index is -3.02. The van der Waals surface area contributed by atoms with Crippen LogP contribution >= 0.6 is 0 Å². The average molecular weight is 273 g/mol. The van der Waals surface area contributed by atoms with Gasteiger partial charge in [-0.25, -0.2) is 0 Å². The Hall–Kier alpha value is -2.18. The van der Waals surface area contributed by atoms with E-state index in [1.54, 1.807) is 6.07 Å². The van der Waals surface area contributed by atoms with E-state index in [4.69, 9.17) is 5.11 Å². The Morgan fingerprint density at radius 2 is 2.00 bits per heavy atom. The van der Waals surface area contributed by atoms with Gasteiger partial charge in [0, 0.05) is 12.5 Å². The van der Waals surface area contributed by atoms with Crippen molar-refractivity contribution in [3.05, 3.63) is 29.8 Å². The molecule has 0 aliphatic carbocycles. The standard InChI is InChI=1S/C12H13F2NO4/c1-7(16)15-9(6-11(17)18)8-4-2-3-5-10(8)19-12(13)14/h2-5,9,12H,6H2,1H3,(H,15,16)(H,17,18)/t9-/m0/s1. The van der Waals surface area contributed by atoms with E-state index < -0.39 is 31.0 Å². The molecule has 0 unspecified atom stereocenters. The molecule has 19 heavy (non-hydrogen) atoms. The minimum absolute atomic E-state index is 0.155. The Morgan fingerprint density at radius 1 is 1.37 bits per heavy atom. The number of carbonyl (C=O) groups is 2. The summed E-state index contributed by atoms with van der Waals surface area (Å²) in [7, 11) is 0. The summed E-state index contributed by atoms with van der Waals surface area (Å²) in [6, 6.07) is 4.82. The molecule has 1 rings (SSSR count). The highest BCUT2D eigenvalue weighted by molar-refractivity contribution is 5.75. The molecule has 104 valence electrons. The van der Waals surface area contributed by atoms with E-state index >= 15 is 0 Å². The number of aliphatic carboxylic acids is 1. The predicted octanol–water partition coefficient (Wildman–Crippen LogP) is 1.94. The maximum atomic E-state index is 12.3. The van der Waals surface area contributed by atoms with E-state index in [0.29, 0.717) is 0 Å². The number of ether oxygens (including phenoxy) is 1. The first-order valence-corrected chi connectivity index (χ1v) is 5.42. The Bertz CT molecular complexity index is 449. The Labute approximate surface area is 108 Å². The lowest BCUT2D eigenvalue weighted by Crippen LogP contribution is -2.28. The van der Waals surface area contributed by atoms with Crippen molar-refractivity contribution < 1.29 is 28.2 Å². The highest BCUT2D eigenvalue weighted by atomic mass is 19.3. The normalized spacial score (nSPS) is 12.0. The molecule has 0 aliphatic rings. The number of amides is 1. The van der Waals surface area contributed by atoms with Crippen molar-refractivity contribution in [3.63, 3.8) is 0 Å². The van der Waals surface area contributed by atoms with Crippen LogP contribution in [-0.2, 0) is 9.59 Å². The maximum Gasteiger partial charge on any atom is 0.387 e. The third-order valence-electron chi connectivity index (χ3n) is 2.27. The van der Waals surface area contributed by atoms with Crippen LogP contribution < -0.4 is 10.1 Å². The molecule has 1 atom stereocenters. The Morgan fingerprint density at radius 3 is 2.53 bits per heavy atom. The zero-order chi connectivity index (χ0) is 14.4. The quantitative estimate of drug-likeness (QED) is 0.830. The van der Waals surface area contributed by atoms with Crippen LogP contribution in [0.3, 0.4) is 0 Å². The zero-order valence-electron chi connectivity index (χ0n) is 10.1. The fourth-order valence-corrected chi connectivity index (χ4v) is 1.63. The van der Waals surface area contributed by atoms with E-state index in [9.17, 15) is 18.4 Å². The summed E-state index contributed by atoms with van der Waals surface area (Å²) in [4.78, 5) is 21.8. The Balaban J connectivity index is 3.06. The average Bonchev–Trinajstić information content (AvgIpc) is 2.26.